The van der Waals surface area contributed by atoms with Crippen molar-refractivity contribution >= 4 is 21.7 Å². The molecule has 1 N–H and O–H groups in total. The monoisotopic (exact) mass is 326 g/mol. The van der Waals surface area contributed by atoms with Gasteiger partial charge in [-0.2, -0.15) is 0 Å². The molecule has 0 unspecified atom stereocenters. The molecule has 1 aromatic heterocycles. The molecule has 2 rings (SSSR count). The topological polar surface area (TPSA) is 41.0 Å². The van der Waals surface area contributed by atoms with E-state index in [0.717, 1.165) is 35.8 Å². The van der Waals surface area contributed by atoms with Crippen LogP contribution in [-0.4, -0.2) is 41.0 Å². The van der Waals surface area contributed by atoms with E-state index in [-0.39, 0.29) is 0 Å². The van der Waals surface area contributed by atoms with Crippen LogP contribution in [0, 0.1) is 0 Å². The van der Waals surface area contributed by atoms with E-state index in [9.17, 15) is 0 Å². The minimum absolute atomic E-state index is 0.588. The highest BCUT2D eigenvalue weighted by Crippen LogP contribution is 2.38. The molecule has 0 aliphatic heterocycles. The maximum atomic E-state index is 4.58. The van der Waals surface area contributed by atoms with Crippen LogP contribution in [0.25, 0.3) is 0 Å². The molecule has 0 spiro atoms. The highest BCUT2D eigenvalue weighted by molar-refractivity contribution is 9.10. The molecule has 0 amide bonds. The van der Waals surface area contributed by atoms with Crippen molar-refractivity contribution in [1.82, 2.24) is 14.9 Å². The fraction of sp³-hybridized carbons (Fsp3) is 0.714. The summed E-state index contributed by atoms with van der Waals surface area (Å²) in [5.74, 6) is 2.51. The largest absolute Gasteiger partial charge is 0.370 e. The lowest BCUT2D eigenvalue weighted by Crippen LogP contribution is -2.28. The Labute approximate surface area is 124 Å². The molecule has 1 aliphatic rings. The van der Waals surface area contributed by atoms with Crippen LogP contribution in [0.3, 0.4) is 0 Å². The summed E-state index contributed by atoms with van der Waals surface area (Å²) in [6.07, 6.45) is 3.58. The molecule has 19 heavy (non-hydrogen) atoms. The Kier molecular flexibility index (Phi) is 5.16. The van der Waals surface area contributed by atoms with Gasteiger partial charge in [-0.05, 0) is 62.6 Å². The number of hydrogen-bond acceptors (Lipinski definition) is 4. The van der Waals surface area contributed by atoms with Crippen LogP contribution in [0.4, 0.5) is 5.82 Å². The first-order valence-corrected chi connectivity index (χ1v) is 7.84. The lowest BCUT2D eigenvalue weighted by atomic mass is 10.3. The maximum absolute atomic E-state index is 4.58. The summed E-state index contributed by atoms with van der Waals surface area (Å²) in [6, 6.07) is 2.56. The Balaban J connectivity index is 1.79. The Morgan fingerprint density at radius 2 is 2.16 bits per heavy atom. The number of aromatic nitrogens is 2. The molecule has 1 fully saturated rings. The Morgan fingerprint density at radius 1 is 1.42 bits per heavy atom. The van der Waals surface area contributed by atoms with Gasteiger partial charge in [0.2, 0.25) is 0 Å². The molecule has 5 heteroatoms. The van der Waals surface area contributed by atoms with Gasteiger partial charge < -0.3 is 10.2 Å². The van der Waals surface area contributed by atoms with Crippen LogP contribution in [0.1, 0.15) is 44.9 Å². The van der Waals surface area contributed by atoms with E-state index in [2.05, 4.69) is 57.0 Å². The summed E-state index contributed by atoms with van der Waals surface area (Å²) >= 11 is 3.46. The van der Waals surface area contributed by atoms with Crippen LogP contribution in [0.15, 0.2) is 10.7 Å². The van der Waals surface area contributed by atoms with Crippen LogP contribution in [-0.2, 0) is 0 Å². The number of nitrogens with one attached hydrogen (secondary N) is 1. The minimum Gasteiger partial charge on any atom is -0.370 e. The standard InChI is InChI=1S/C14H23BrN4/c1-10(2)19(3)8-4-7-16-13-9-12(15)17-14(18-13)11-5-6-11/h9-11H,4-8H2,1-3H3,(H,16,17,18). The van der Waals surface area contributed by atoms with E-state index in [1.54, 1.807) is 0 Å². The molecule has 1 aliphatic carbocycles. The Morgan fingerprint density at radius 3 is 2.79 bits per heavy atom. The van der Waals surface area contributed by atoms with Crippen molar-refractivity contribution in [3.63, 3.8) is 0 Å². The Bertz CT molecular complexity index is 418. The Hall–Kier alpha value is -0.680. The van der Waals surface area contributed by atoms with Gasteiger partial charge in [0, 0.05) is 24.6 Å². The van der Waals surface area contributed by atoms with E-state index in [1.165, 1.54) is 12.8 Å². The van der Waals surface area contributed by atoms with Crippen molar-refractivity contribution in [3.8, 4) is 0 Å². The molecule has 0 bridgehead atoms. The predicted molar refractivity (Wildman–Crippen MR) is 82.6 cm³/mol. The van der Waals surface area contributed by atoms with Crippen molar-refractivity contribution in [2.45, 2.75) is 45.1 Å². The third-order valence-corrected chi connectivity index (χ3v) is 3.94. The molecule has 0 saturated heterocycles. The highest BCUT2D eigenvalue weighted by atomic mass is 79.9. The van der Waals surface area contributed by atoms with Gasteiger partial charge in [-0.1, -0.05) is 0 Å². The number of nitrogens with zero attached hydrogens (tertiary/aromatic N) is 3. The number of hydrogen-bond donors (Lipinski definition) is 1. The SMILES string of the molecule is CC(C)N(C)CCCNc1cc(Br)nc(C2CC2)n1. The number of halogens is 1. The van der Waals surface area contributed by atoms with E-state index >= 15 is 0 Å². The average Bonchev–Trinajstić information content (AvgIpc) is 3.17. The zero-order valence-corrected chi connectivity index (χ0v) is 13.6. The normalized spacial score (nSPS) is 15.3. The van der Waals surface area contributed by atoms with Crippen molar-refractivity contribution in [2.75, 3.05) is 25.5 Å². The van der Waals surface area contributed by atoms with Gasteiger partial charge in [-0.3, -0.25) is 0 Å². The molecule has 4 nitrogen and oxygen atoms in total. The second-order valence-corrected chi connectivity index (χ2v) is 6.38. The lowest BCUT2D eigenvalue weighted by molar-refractivity contribution is 0.273. The summed E-state index contributed by atoms with van der Waals surface area (Å²) in [4.78, 5) is 11.4. The van der Waals surface area contributed by atoms with Crippen LogP contribution >= 0.6 is 15.9 Å². The van der Waals surface area contributed by atoms with E-state index in [0.29, 0.717) is 12.0 Å². The van der Waals surface area contributed by atoms with Crippen molar-refractivity contribution in [3.05, 3.63) is 16.5 Å². The van der Waals surface area contributed by atoms with Crippen molar-refractivity contribution in [1.29, 1.82) is 0 Å². The molecule has 1 heterocycles. The van der Waals surface area contributed by atoms with E-state index in [4.69, 9.17) is 0 Å². The number of rotatable bonds is 7. The zero-order valence-electron chi connectivity index (χ0n) is 12.0. The smallest absolute Gasteiger partial charge is 0.135 e. The van der Waals surface area contributed by atoms with Gasteiger partial charge in [0.1, 0.15) is 16.2 Å². The first-order valence-electron chi connectivity index (χ1n) is 7.05. The molecule has 0 aromatic carbocycles. The number of anilines is 1. The highest BCUT2D eigenvalue weighted by Gasteiger charge is 2.27. The van der Waals surface area contributed by atoms with Gasteiger partial charge in [0.05, 0.1) is 0 Å². The van der Waals surface area contributed by atoms with Gasteiger partial charge in [-0.25, -0.2) is 9.97 Å². The van der Waals surface area contributed by atoms with E-state index in [1.807, 2.05) is 6.07 Å². The van der Waals surface area contributed by atoms with Gasteiger partial charge in [0.25, 0.3) is 0 Å². The van der Waals surface area contributed by atoms with Gasteiger partial charge in [-0.15, -0.1) is 0 Å². The quantitative estimate of drug-likeness (QED) is 0.616. The maximum Gasteiger partial charge on any atom is 0.135 e. The first-order chi connectivity index (χ1) is 9.06. The predicted octanol–water partition coefficient (Wildman–Crippen LogP) is 3.26. The van der Waals surface area contributed by atoms with Crippen LogP contribution in [0.5, 0.6) is 0 Å². The molecule has 0 atom stereocenters. The minimum atomic E-state index is 0.588. The molecule has 106 valence electrons. The third-order valence-electron chi connectivity index (χ3n) is 3.53. The third kappa shape index (κ3) is 4.73. The summed E-state index contributed by atoms with van der Waals surface area (Å²) in [5, 5.41) is 3.40. The van der Waals surface area contributed by atoms with Crippen molar-refractivity contribution in [2.24, 2.45) is 0 Å². The van der Waals surface area contributed by atoms with E-state index < -0.39 is 0 Å². The molecule has 1 aromatic rings. The summed E-state index contributed by atoms with van der Waals surface area (Å²) in [6.45, 7) is 6.49. The zero-order chi connectivity index (χ0) is 13.8. The molecule has 1 saturated carbocycles. The molecular weight excluding hydrogens is 304 g/mol. The van der Waals surface area contributed by atoms with Crippen LogP contribution in [0.2, 0.25) is 0 Å². The van der Waals surface area contributed by atoms with Crippen molar-refractivity contribution < 1.29 is 0 Å². The summed E-state index contributed by atoms with van der Waals surface area (Å²) < 4.78 is 0.881. The molecule has 0 radical (unpaired) electrons. The average molecular weight is 327 g/mol. The fourth-order valence-electron chi connectivity index (χ4n) is 1.85. The first kappa shape index (κ1) is 14.7. The summed E-state index contributed by atoms with van der Waals surface area (Å²) in [7, 11) is 2.16. The summed E-state index contributed by atoms with van der Waals surface area (Å²) in [5.41, 5.74) is 0. The van der Waals surface area contributed by atoms with Gasteiger partial charge in [0.15, 0.2) is 0 Å². The van der Waals surface area contributed by atoms with Gasteiger partial charge >= 0.3 is 0 Å². The lowest BCUT2D eigenvalue weighted by Gasteiger charge is -2.20. The molecular formula is C14H23BrN4. The second kappa shape index (κ2) is 6.66. The van der Waals surface area contributed by atoms with Crippen LogP contribution < -0.4 is 5.32 Å². The second-order valence-electron chi connectivity index (χ2n) is 5.56. The fourth-order valence-corrected chi connectivity index (χ4v) is 2.25.